The molecule has 81 heavy (non-hydrogen) atoms. The van der Waals surface area contributed by atoms with E-state index in [4.69, 9.17) is 23.7 Å². The molecule has 0 spiro atoms. The molecule has 3 heterocycles. The maximum atomic E-state index is 13.9. The molecule has 0 radical (unpaired) electrons. The van der Waals surface area contributed by atoms with Gasteiger partial charge in [-0.1, -0.05) is 137 Å². The molecule has 5 rings (SSSR count). The van der Waals surface area contributed by atoms with Gasteiger partial charge in [0.15, 0.2) is 0 Å². The third kappa shape index (κ3) is 30.2. The van der Waals surface area contributed by atoms with Crippen LogP contribution >= 0.6 is 11.3 Å². The Balaban J connectivity index is 0.00000155. The van der Waals surface area contributed by atoms with Crippen molar-refractivity contribution in [2.75, 3.05) is 66.0 Å². The number of amides is 3. The minimum atomic E-state index is -4.65. The zero-order valence-electron chi connectivity index (χ0n) is 51.8. The van der Waals surface area contributed by atoms with Crippen molar-refractivity contribution in [3.8, 4) is 27.4 Å². The molecule has 2 aromatic carbocycles. The number of hydrogen-bond acceptors (Lipinski definition) is 11. The Morgan fingerprint density at radius 2 is 1.38 bits per heavy atom. The van der Waals surface area contributed by atoms with Crippen LogP contribution in [0, 0.1) is 25.2 Å². The first-order valence-corrected chi connectivity index (χ1v) is 29.2. The Kier molecular flexibility index (Phi) is 39.2. The van der Waals surface area contributed by atoms with Gasteiger partial charge in [0.2, 0.25) is 24.6 Å². The van der Waals surface area contributed by atoms with Crippen molar-refractivity contribution in [1.82, 2.24) is 25.5 Å². The number of pyridine rings is 1. The molecular formula is C64H98F3N5O8S. The van der Waals surface area contributed by atoms with E-state index in [-0.39, 0.29) is 63.0 Å². The number of hydrogen-bond donors (Lipinski definition) is 2. The highest BCUT2D eigenvalue weighted by Gasteiger charge is 2.36. The van der Waals surface area contributed by atoms with E-state index in [0.29, 0.717) is 37.0 Å². The van der Waals surface area contributed by atoms with Crippen molar-refractivity contribution < 1.29 is 51.2 Å². The summed E-state index contributed by atoms with van der Waals surface area (Å²) < 4.78 is 68.8. The summed E-state index contributed by atoms with van der Waals surface area (Å²) in [5.74, 6) is 0.166. The molecule has 2 N–H and O–H groups in total. The molecular weight excluding hydrogens is 1060 g/mol. The van der Waals surface area contributed by atoms with Gasteiger partial charge in [0.1, 0.15) is 18.8 Å². The second-order valence-corrected chi connectivity index (χ2v) is 21.1. The van der Waals surface area contributed by atoms with Crippen LogP contribution in [0.1, 0.15) is 151 Å². The molecule has 0 bridgehead atoms. The average molecular weight is 1150 g/mol. The van der Waals surface area contributed by atoms with E-state index in [1.807, 2.05) is 116 Å². The molecule has 13 nitrogen and oxygen atoms in total. The number of aromatic nitrogens is 2. The molecule has 4 aromatic rings. The van der Waals surface area contributed by atoms with Gasteiger partial charge in [-0.05, 0) is 118 Å². The summed E-state index contributed by atoms with van der Waals surface area (Å²) in [6, 6.07) is 15.3. The summed E-state index contributed by atoms with van der Waals surface area (Å²) in [5, 5.41) is 5.64. The first kappa shape index (κ1) is 75.3. The highest BCUT2D eigenvalue weighted by molar-refractivity contribution is 7.13. The highest BCUT2D eigenvalue weighted by Crippen LogP contribution is 2.38. The molecule has 3 amide bonds. The number of nitrogens with one attached hydrogen (secondary N) is 2. The number of carbonyl (C=O) groups is 3. The number of allylic oxidation sites excluding steroid dienone is 5. The van der Waals surface area contributed by atoms with Crippen LogP contribution in [0.3, 0.4) is 0 Å². The quantitative estimate of drug-likeness (QED) is 0.0373. The van der Waals surface area contributed by atoms with E-state index >= 15 is 0 Å². The number of nitrogens with zero attached hydrogens (tertiary/aromatic N) is 3. The van der Waals surface area contributed by atoms with Gasteiger partial charge in [0.05, 0.1) is 68.4 Å². The van der Waals surface area contributed by atoms with Crippen LogP contribution in [0.15, 0.2) is 90.6 Å². The predicted molar refractivity (Wildman–Crippen MR) is 327 cm³/mol. The third-order valence-corrected chi connectivity index (χ3v) is 13.0. The molecule has 0 saturated carbocycles. The van der Waals surface area contributed by atoms with E-state index in [0.717, 1.165) is 64.9 Å². The maximum Gasteiger partial charge on any atom is 0.421 e. The van der Waals surface area contributed by atoms with Gasteiger partial charge in [-0.25, -0.2) is 9.97 Å². The van der Waals surface area contributed by atoms with Gasteiger partial charge in [0, 0.05) is 30.4 Å². The molecule has 1 aliphatic heterocycles. The summed E-state index contributed by atoms with van der Waals surface area (Å²) in [6.45, 7) is 41.1. The first-order valence-electron chi connectivity index (χ1n) is 28.3. The number of likely N-dealkylation sites (tertiary alicyclic amines) is 1. The molecule has 0 aliphatic carbocycles. The minimum Gasteiger partial charge on any atom is -0.475 e. The average Bonchev–Trinajstić information content (AvgIpc) is 4.09. The van der Waals surface area contributed by atoms with E-state index < -0.39 is 17.6 Å². The molecule has 1 aliphatic rings. The smallest absolute Gasteiger partial charge is 0.421 e. The zero-order valence-corrected chi connectivity index (χ0v) is 52.6. The van der Waals surface area contributed by atoms with Crippen molar-refractivity contribution in [3.05, 3.63) is 119 Å². The van der Waals surface area contributed by atoms with Crippen LogP contribution in [-0.4, -0.2) is 112 Å². The summed E-state index contributed by atoms with van der Waals surface area (Å²) in [6.07, 6.45) is 6.46. The van der Waals surface area contributed by atoms with Gasteiger partial charge in [-0.15, -0.1) is 11.3 Å². The Labute approximate surface area is 488 Å². The molecule has 1 fully saturated rings. The largest absolute Gasteiger partial charge is 0.475 e. The number of alkyl halides is 3. The van der Waals surface area contributed by atoms with Crippen LogP contribution in [0.5, 0.6) is 5.88 Å². The number of thiazole rings is 1. The van der Waals surface area contributed by atoms with Gasteiger partial charge in [-0.2, -0.15) is 13.2 Å². The fourth-order valence-electron chi connectivity index (χ4n) is 7.23. The number of carbonyl (C=O) groups excluding carboxylic acids is 3. The third-order valence-electron chi connectivity index (χ3n) is 12.0. The van der Waals surface area contributed by atoms with Crippen LogP contribution in [-0.2, 0) is 39.5 Å². The summed E-state index contributed by atoms with van der Waals surface area (Å²) >= 11 is 1.64. The number of halogens is 3. The van der Waals surface area contributed by atoms with E-state index in [1.54, 1.807) is 23.5 Å². The van der Waals surface area contributed by atoms with Crippen molar-refractivity contribution in [2.45, 2.75) is 155 Å². The Morgan fingerprint density at radius 1 is 0.827 bits per heavy atom. The molecule has 17 heteroatoms. The second kappa shape index (κ2) is 42.1. The minimum absolute atomic E-state index is 0.0264. The van der Waals surface area contributed by atoms with Crippen LogP contribution < -0.4 is 15.4 Å². The monoisotopic (exact) mass is 1150 g/mol. The van der Waals surface area contributed by atoms with Crippen LogP contribution in [0.2, 0.25) is 0 Å². The Morgan fingerprint density at radius 3 is 1.83 bits per heavy atom. The van der Waals surface area contributed by atoms with Crippen molar-refractivity contribution >= 4 is 35.6 Å². The molecule has 454 valence electrons. The number of ether oxygens (including phenoxy) is 5. The predicted octanol–water partition coefficient (Wildman–Crippen LogP) is 14.9. The second-order valence-electron chi connectivity index (χ2n) is 20.3. The lowest BCUT2D eigenvalue weighted by molar-refractivity contribution is -0.139. The number of rotatable bonds is 25. The topological polar surface area (TPSA) is 150 Å². The lowest BCUT2D eigenvalue weighted by Gasteiger charge is -2.28. The lowest BCUT2D eigenvalue weighted by Crippen LogP contribution is -2.43. The summed E-state index contributed by atoms with van der Waals surface area (Å²) in [5.41, 5.74) is 9.00. The van der Waals surface area contributed by atoms with Gasteiger partial charge in [0.25, 0.3) is 0 Å². The molecule has 3 atom stereocenters. The normalized spacial score (nSPS) is 13.9. The fourth-order valence-corrected chi connectivity index (χ4v) is 8.04. The van der Waals surface area contributed by atoms with Crippen molar-refractivity contribution in [2.24, 2.45) is 11.3 Å². The van der Waals surface area contributed by atoms with E-state index in [9.17, 15) is 27.6 Å². The first-order chi connectivity index (χ1) is 38.5. The lowest BCUT2D eigenvalue weighted by atomic mass is 9.88. The zero-order chi connectivity index (χ0) is 61.6. The van der Waals surface area contributed by atoms with E-state index in [2.05, 4.69) is 87.8 Å². The molecule has 1 saturated heterocycles. The maximum absolute atomic E-state index is 13.9. The summed E-state index contributed by atoms with van der Waals surface area (Å²) in [4.78, 5) is 43.7. The number of benzene rings is 2. The summed E-state index contributed by atoms with van der Waals surface area (Å²) in [7, 11) is 0. The Hall–Kier alpha value is -5.72. The van der Waals surface area contributed by atoms with Crippen LogP contribution in [0.25, 0.3) is 27.1 Å². The van der Waals surface area contributed by atoms with Gasteiger partial charge < -0.3 is 39.2 Å². The van der Waals surface area contributed by atoms with Crippen molar-refractivity contribution in [1.29, 1.82) is 0 Å². The fraction of sp³-hybridized carbons (Fsp3) is 0.547. The number of aryl methyl sites for hydroxylation is 2. The van der Waals surface area contributed by atoms with Crippen molar-refractivity contribution in [3.63, 3.8) is 0 Å². The standard InChI is InChI=1S/C37H51F3N2O6.C13H14N2OS.C6H11NO.C4H10.2C2H6/c1-9-11-26(3)31(10-2)32-13-12-29(22-27(32)4)30-23-33(37(38,39)40)35(41-24-30)48-21-20-46-17-16-44-14-15-45-18-19-47-25-34(43)42-28(5)36(6,7)8;1-9(14-7-16)11-3-5-12(6-4-11)13-10(2)15-8-17-13;1-6-3-2-4-7(6)5-8;1-4(2)3;2*1-2/h9-13,22-24,28H,2,14-21,25H2,1,3-8H3,(H,42,43);3-9H,1-2H3,(H,14,16);5-6H,2-4H2,1H3;4H,1-3H3;2*1-2H3/b11-9-,31-26+;;;;;. The highest BCUT2D eigenvalue weighted by atomic mass is 32.1. The van der Waals surface area contributed by atoms with Crippen LogP contribution in [0.4, 0.5) is 13.2 Å². The SMILES string of the molecule is C=C/C(=C(C)\C=C/C)c1ccc(-c2cnc(OCCOCCOCCOCCOCC(=O)NC(C)C(C)(C)C)c(C(F)(F)F)c2)cc1C.CC.CC.CC(C)C.CC1CCCN1C=O.Cc1ncsc1-c1ccc(C(C)NC=O)cc1. The van der Waals surface area contributed by atoms with Gasteiger partial charge >= 0.3 is 6.18 Å². The molecule has 3 unspecified atom stereocenters. The van der Waals surface area contributed by atoms with E-state index in [1.165, 1.54) is 29.5 Å². The van der Waals surface area contributed by atoms with Gasteiger partial charge in [-0.3, -0.25) is 14.4 Å². The Bertz CT molecular complexity index is 2430. The molecule has 2 aromatic heterocycles.